The van der Waals surface area contributed by atoms with Crippen LogP contribution in [0.15, 0.2) is 97.1 Å². The zero-order valence-electron chi connectivity index (χ0n) is 17.1. The summed E-state index contributed by atoms with van der Waals surface area (Å²) in [4.78, 5) is 0. The maximum absolute atomic E-state index is 5.64. The molecule has 5 aromatic carbocycles. The van der Waals surface area contributed by atoms with E-state index in [4.69, 9.17) is 4.74 Å². The molecule has 0 saturated heterocycles. The third-order valence-electron chi connectivity index (χ3n) is 5.35. The summed E-state index contributed by atoms with van der Waals surface area (Å²) < 4.78 is 5.64. The smallest absolute Gasteiger partial charge is 0.109 e. The van der Waals surface area contributed by atoms with Crippen molar-refractivity contribution in [1.29, 1.82) is 0 Å². The summed E-state index contributed by atoms with van der Waals surface area (Å²) in [6.45, 7) is 0.710. The molecule has 146 valence electrons. The van der Waals surface area contributed by atoms with Crippen molar-refractivity contribution in [3.63, 3.8) is 0 Å². The Labute approximate surface area is 182 Å². The van der Waals surface area contributed by atoms with E-state index in [1.807, 2.05) is 24.3 Å². The van der Waals surface area contributed by atoms with Gasteiger partial charge in [-0.3, -0.25) is 0 Å². The lowest BCUT2D eigenvalue weighted by atomic mass is 9.97. The van der Waals surface area contributed by atoms with E-state index in [9.17, 15) is 0 Å². The average Bonchev–Trinajstić information content (AvgIpc) is 2.83. The molecule has 0 aliphatic heterocycles. The van der Waals surface area contributed by atoms with E-state index in [2.05, 4.69) is 96.5 Å². The fourth-order valence-electron chi connectivity index (χ4n) is 3.91. The van der Waals surface area contributed by atoms with Crippen LogP contribution in [0.25, 0.3) is 32.3 Å². The van der Waals surface area contributed by atoms with Gasteiger partial charge in [0, 0.05) is 11.1 Å². The molecule has 0 spiro atoms. The molecule has 31 heavy (non-hydrogen) atoms. The van der Waals surface area contributed by atoms with Crippen LogP contribution in [-0.4, -0.2) is 13.2 Å². The van der Waals surface area contributed by atoms with Gasteiger partial charge in [-0.2, -0.15) is 0 Å². The van der Waals surface area contributed by atoms with Crippen LogP contribution in [0.1, 0.15) is 11.1 Å². The number of hydrogen-bond acceptors (Lipinski definition) is 1. The fraction of sp³-hybridized carbons (Fsp3) is 0.0667. The van der Waals surface area contributed by atoms with Crippen molar-refractivity contribution >= 4 is 32.3 Å². The zero-order chi connectivity index (χ0) is 20.9. The monoisotopic (exact) mass is 396 g/mol. The van der Waals surface area contributed by atoms with Crippen molar-refractivity contribution in [2.24, 2.45) is 0 Å². The molecular weight excluding hydrogens is 376 g/mol. The first-order valence-electron chi connectivity index (χ1n) is 10.3. The van der Waals surface area contributed by atoms with Gasteiger partial charge in [0.05, 0.1) is 0 Å². The summed E-state index contributed by atoms with van der Waals surface area (Å²) in [5.41, 5.74) is 2.05. The van der Waals surface area contributed by atoms with E-state index in [0.29, 0.717) is 13.2 Å². The van der Waals surface area contributed by atoms with Crippen molar-refractivity contribution in [3.05, 3.63) is 108 Å². The Balaban J connectivity index is 1.30. The summed E-state index contributed by atoms with van der Waals surface area (Å²) in [7, 11) is 0. The van der Waals surface area contributed by atoms with E-state index in [0.717, 1.165) is 11.1 Å². The van der Waals surface area contributed by atoms with Gasteiger partial charge in [-0.1, -0.05) is 109 Å². The van der Waals surface area contributed by atoms with E-state index < -0.39 is 0 Å². The molecule has 0 saturated carbocycles. The normalized spacial score (nSPS) is 10.5. The van der Waals surface area contributed by atoms with Crippen LogP contribution in [0.3, 0.4) is 0 Å². The lowest BCUT2D eigenvalue weighted by Crippen LogP contribution is -1.92. The summed E-state index contributed by atoms with van der Waals surface area (Å²) in [6, 6.07) is 33.5. The summed E-state index contributed by atoms with van der Waals surface area (Å²) in [5, 5.41) is 7.22. The highest BCUT2D eigenvalue weighted by atomic mass is 16.5. The van der Waals surface area contributed by atoms with E-state index in [-0.39, 0.29) is 0 Å². The van der Waals surface area contributed by atoms with Gasteiger partial charge in [-0.15, -0.1) is 0 Å². The standard InChI is InChI=1S/C30H20O/c1-3-16-27-23(10-1)12-7-13-24(27)14-8-20-31-21-9-15-26-22-25-11-2-4-17-28(25)30-19-6-5-18-29(26)30/h1-7,10-13,16-19,22H,20-21H2. The van der Waals surface area contributed by atoms with Crippen molar-refractivity contribution in [1.82, 2.24) is 0 Å². The highest BCUT2D eigenvalue weighted by Gasteiger charge is 2.04. The quantitative estimate of drug-likeness (QED) is 0.186. The van der Waals surface area contributed by atoms with Crippen molar-refractivity contribution in [2.45, 2.75) is 0 Å². The zero-order valence-corrected chi connectivity index (χ0v) is 17.1. The molecular formula is C30H20O. The third-order valence-corrected chi connectivity index (χ3v) is 5.35. The Bertz CT molecular complexity index is 1520. The van der Waals surface area contributed by atoms with Gasteiger partial charge in [0.1, 0.15) is 13.2 Å². The Morgan fingerprint density at radius 1 is 0.484 bits per heavy atom. The molecule has 0 atom stereocenters. The van der Waals surface area contributed by atoms with Gasteiger partial charge < -0.3 is 4.74 Å². The molecule has 0 unspecified atom stereocenters. The van der Waals surface area contributed by atoms with Crippen molar-refractivity contribution in [3.8, 4) is 23.7 Å². The van der Waals surface area contributed by atoms with Gasteiger partial charge in [-0.25, -0.2) is 0 Å². The minimum absolute atomic E-state index is 0.353. The molecule has 0 radical (unpaired) electrons. The second kappa shape index (κ2) is 8.76. The van der Waals surface area contributed by atoms with Crippen LogP contribution in [0.4, 0.5) is 0 Å². The summed E-state index contributed by atoms with van der Waals surface area (Å²) in [6.07, 6.45) is 0. The predicted molar refractivity (Wildman–Crippen MR) is 130 cm³/mol. The first-order chi connectivity index (χ1) is 15.4. The number of benzene rings is 5. The van der Waals surface area contributed by atoms with Gasteiger partial charge in [0.15, 0.2) is 0 Å². The first kappa shape index (κ1) is 19.0. The highest BCUT2D eigenvalue weighted by molar-refractivity contribution is 6.09. The van der Waals surface area contributed by atoms with Crippen molar-refractivity contribution < 1.29 is 4.74 Å². The molecule has 0 heterocycles. The average molecular weight is 396 g/mol. The second-order valence-corrected chi connectivity index (χ2v) is 7.31. The topological polar surface area (TPSA) is 9.23 Å². The number of ether oxygens (including phenoxy) is 1. The van der Waals surface area contributed by atoms with E-state index in [1.165, 1.54) is 32.3 Å². The molecule has 0 fully saturated rings. The molecule has 0 N–H and O–H groups in total. The van der Waals surface area contributed by atoms with E-state index in [1.54, 1.807) is 0 Å². The second-order valence-electron chi connectivity index (χ2n) is 7.31. The van der Waals surface area contributed by atoms with Crippen LogP contribution in [-0.2, 0) is 4.74 Å². The van der Waals surface area contributed by atoms with Crippen molar-refractivity contribution in [2.75, 3.05) is 13.2 Å². The Morgan fingerprint density at radius 2 is 1.06 bits per heavy atom. The highest BCUT2D eigenvalue weighted by Crippen LogP contribution is 2.28. The summed E-state index contributed by atoms with van der Waals surface area (Å²) in [5.74, 6) is 12.8. The van der Waals surface area contributed by atoms with Gasteiger partial charge in [-0.05, 0) is 44.5 Å². The molecule has 0 aliphatic rings. The van der Waals surface area contributed by atoms with Gasteiger partial charge >= 0.3 is 0 Å². The molecule has 1 heteroatoms. The lowest BCUT2D eigenvalue weighted by molar-refractivity contribution is 0.204. The number of hydrogen-bond donors (Lipinski definition) is 0. The van der Waals surface area contributed by atoms with Crippen LogP contribution >= 0.6 is 0 Å². The fourth-order valence-corrected chi connectivity index (χ4v) is 3.91. The molecule has 5 rings (SSSR count). The molecule has 0 aromatic heterocycles. The SMILES string of the molecule is C(#Cc1cccc2ccccc12)COCC#Cc1cc2ccccc2c2ccccc12. The largest absolute Gasteiger partial charge is 0.356 e. The number of fused-ring (bicyclic) bond motifs is 4. The molecule has 0 bridgehead atoms. The minimum Gasteiger partial charge on any atom is -0.356 e. The first-order valence-corrected chi connectivity index (χ1v) is 10.3. The van der Waals surface area contributed by atoms with E-state index >= 15 is 0 Å². The summed E-state index contributed by atoms with van der Waals surface area (Å²) >= 11 is 0. The third kappa shape index (κ3) is 4.01. The Kier molecular flexibility index (Phi) is 5.36. The molecule has 0 aliphatic carbocycles. The molecule has 1 nitrogen and oxygen atoms in total. The van der Waals surface area contributed by atoms with Crippen LogP contribution in [0.5, 0.6) is 0 Å². The molecule has 0 amide bonds. The van der Waals surface area contributed by atoms with Gasteiger partial charge in [0.25, 0.3) is 0 Å². The maximum Gasteiger partial charge on any atom is 0.109 e. The van der Waals surface area contributed by atoms with Crippen LogP contribution < -0.4 is 0 Å². The number of rotatable bonds is 2. The Morgan fingerprint density at radius 3 is 1.87 bits per heavy atom. The predicted octanol–water partition coefficient (Wildman–Crippen LogP) is 6.57. The Hall–Kier alpha value is -4.04. The minimum atomic E-state index is 0.353. The lowest BCUT2D eigenvalue weighted by Gasteiger charge is -2.06. The van der Waals surface area contributed by atoms with Crippen LogP contribution in [0, 0.1) is 23.7 Å². The van der Waals surface area contributed by atoms with Gasteiger partial charge in [0.2, 0.25) is 0 Å². The molecule has 5 aromatic rings. The maximum atomic E-state index is 5.64. The van der Waals surface area contributed by atoms with Crippen LogP contribution in [0.2, 0.25) is 0 Å².